The summed E-state index contributed by atoms with van der Waals surface area (Å²) in [5, 5.41) is 0. The quantitative estimate of drug-likeness (QED) is 0.598. The Kier molecular flexibility index (Phi) is 3.42. The van der Waals surface area contributed by atoms with Crippen molar-refractivity contribution in [3.05, 3.63) is 58.9 Å². The van der Waals surface area contributed by atoms with Crippen LogP contribution in [-0.2, 0) is 0 Å². The third kappa shape index (κ3) is 2.56. The van der Waals surface area contributed by atoms with Gasteiger partial charge in [-0.1, -0.05) is 17.7 Å². The first-order chi connectivity index (χ1) is 8.58. The summed E-state index contributed by atoms with van der Waals surface area (Å²) < 4.78 is 5.44. The Balaban J connectivity index is 2.28. The third-order valence-corrected chi connectivity index (χ3v) is 2.70. The molecule has 2 rings (SSSR count). The first-order valence-electron chi connectivity index (χ1n) is 5.78. The number of hydrogen-bond donors (Lipinski definition) is 0. The highest BCUT2D eigenvalue weighted by atomic mass is 16.5. The zero-order valence-electron chi connectivity index (χ0n) is 10.7. The van der Waals surface area contributed by atoms with Gasteiger partial charge in [0, 0.05) is 12.4 Å². The standard InChI is InChI=1S/C15H15NO2/c1-10-7-11(2)14(12(3)8-10)18-15(17)13-5-4-6-16-9-13/h4-9H,1-3H3. The number of pyridine rings is 1. The molecule has 0 saturated heterocycles. The van der Waals surface area contributed by atoms with Gasteiger partial charge in [0.25, 0.3) is 0 Å². The molecule has 0 spiro atoms. The second-order valence-electron chi connectivity index (χ2n) is 4.36. The zero-order chi connectivity index (χ0) is 13.1. The summed E-state index contributed by atoms with van der Waals surface area (Å²) in [4.78, 5) is 15.8. The highest BCUT2D eigenvalue weighted by molar-refractivity contribution is 5.90. The van der Waals surface area contributed by atoms with E-state index in [0.29, 0.717) is 11.3 Å². The molecule has 0 amide bonds. The van der Waals surface area contributed by atoms with E-state index in [2.05, 4.69) is 4.98 Å². The Bertz CT molecular complexity index is 553. The van der Waals surface area contributed by atoms with Crippen LogP contribution in [0.3, 0.4) is 0 Å². The smallest absolute Gasteiger partial charge is 0.345 e. The van der Waals surface area contributed by atoms with E-state index in [-0.39, 0.29) is 5.97 Å². The van der Waals surface area contributed by atoms with Crippen molar-refractivity contribution in [3.8, 4) is 5.75 Å². The lowest BCUT2D eigenvalue weighted by atomic mass is 10.1. The highest BCUT2D eigenvalue weighted by Crippen LogP contribution is 2.25. The number of aromatic nitrogens is 1. The maximum absolute atomic E-state index is 11.9. The number of aryl methyl sites for hydroxylation is 3. The number of nitrogens with zero attached hydrogens (tertiary/aromatic N) is 1. The van der Waals surface area contributed by atoms with Crippen LogP contribution in [-0.4, -0.2) is 11.0 Å². The molecule has 3 heteroatoms. The maximum Gasteiger partial charge on any atom is 0.345 e. The van der Waals surface area contributed by atoms with Crippen molar-refractivity contribution in [2.24, 2.45) is 0 Å². The minimum Gasteiger partial charge on any atom is -0.422 e. The van der Waals surface area contributed by atoms with Gasteiger partial charge < -0.3 is 4.74 Å². The molecule has 0 N–H and O–H groups in total. The second kappa shape index (κ2) is 5.00. The molecule has 1 aromatic carbocycles. The van der Waals surface area contributed by atoms with Gasteiger partial charge >= 0.3 is 5.97 Å². The maximum atomic E-state index is 11.9. The van der Waals surface area contributed by atoms with Crippen molar-refractivity contribution >= 4 is 5.97 Å². The highest BCUT2D eigenvalue weighted by Gasteiger charge is 2.12. The molecule has 92 valence electrons. The number of carbonyl (C=O) groups is 1. The number of hydrogen-bond acceptors (Lipinski definition) is 3. The topological polar surface area (TPSA) is 39.2 Å². The average molecular weight is 241 g/mol. The van der Waals surface area contributed by atoms with E-state index in [1.54, 1.807) is 18.3 Å². The van der Waals surface area contributed by atoms with Crippen LogP contribution < -0.4 is 4.74 Å². The SMILES string of the molecule is Cc1cc(C)c(OC(=O)c2cccnc2)c(C)c1. The summed E-state index contributed by atoms with van der Waals surface area (Å²) >= 11 is 0. The lowest BCUT2D eigenvalue weighted by Crippen LogP contribution is -2.10. The van der Waals surface area contributed by atoms with Crippen LogP contribution in [0.5, 0.6) is 5.75 Å². The Morgan fingerprint density at radius 1 is 1.17 bits per heavy atom. The minimum absolute atomic E-state index is 0.377. The summed E-state index contributed by atoms with van der Waals surface area (Å²) in [6.45, 7) is 5.89. The summed E-state index contributed by atoms with van der Waals surface area (Å²) in [5.74, 6) is 0.257. The first kappa shape index (κ1) is 12.3. The Morgan fingerprint density at radius 3 is 2.39 bits per heavy atom. The van der Waals surface area contributed by atoms with E-state index in [1.807, 2.05) is 32.9 Å². The van der Waals surface area contributed by atoms with E-state index >= 15 is 0 Å². The summed E-state index contributed by atoms with van der Waals surface area (Å²) in [7, 11) is 0. The average Bonchev–Trinajstić information content (AvgIpc) is 2.34. The zero-order valence-corrected chi connectivity index (χ0v) is 10.7. The molecule has 2 aromatic rings. The van der Waals surface area contributed by atoms with Crippen molar-refractivity contribution in [1.82, 2.24) is 4.98 Å². The Hall–Kier alpha value is -2.16. The van der Waals surface area contributed by atoms with Gasteiger partial charge in [-0.2, -0.15) is 0 Å². The van der Waals surface area contributed by atoms with Crippen LogP contribution in [0.1, 0.15) is 27.0 Å². The Morgan fingerprint density at radius 2 is 1.83 bits per heavy atom. The van der Waals surface area contributed by atoms with Gasteiger partial charge in [0.15, 0.2) is 0 Å². The molecule has 0 saturated carbocycles. The second-order valence-corrected chi connectivity index (χ2v) is 4.36. The van der Waals surface area contributed by atoms with E-state index in [4.69, 9.17) is 4.74 Å². The molecule has 0 aliphatic heterocycles. The fourth-order valence-electron chi connectivity index (χ4n) is 1.96. The van der Waals surface area contributed by atoms with Crippen LogP contribution >= 0.6 is 0 Å². The van der Waals surface area contributed by atoms with E-state index < -0.39 is 0 Å². The molecule has 0 fully saturated rings. The lowest BCUT2D eigenvalue weighted by molar-refractivity contribution is 0.0732. The van der Waals surface area contributed by atoms with Crippen molar-refractivity contribution < 1.29 is 9.53 Å². The minimum atomic E-state index is -0.377. The number of carbonyl (C=O) groups excluding carboxylic acids is 1. The molecular weight excluding hydrogens is 226 g/mol. The van der Waals surface area contributed by atoms with Crippen molar-refractivity contribution in [2.75, 3.05) is 0 Å². The molecule has 3 nitrogen and oxygen atoms in total. The number of esters is 1. The molecule has 1 heterocycles. The third-order valence-electron chi connectivity index (χ3n) is 2.70. The molecule has 18 heavy (non-hydrogen) atoms. The monoisotopic (exact) mass is 241 g/mol. The molecule has 0 radical (unpaired) electrons. The normalized spacial score (nSPS) is 10.2. The first-order valence-corrected chi connectivity index (χ1v) is 5.78. The summed E-state index contributed by atoms with van der Waals surface area (Å²) in [6, 6.07) is 7.40. The van der Waals surface area contributed by atoms with Gasteiger partial charge in [0.2, 0.25) is 0 Å². The van der Waals surface area contributed by atoms with Crippen LogP contribution in [0.2, 0.25) is 0 Å². The van der Waals surface area contributed by atoms with Gasteiger partial charge in [-0.05, 0) is 44.0 Å². The molecule has 0 aliphatic carbocycles. The van der Waals surface area contributed by atoms with Crippen molar-refractivity contribution in [1.29, 1.82) is 0 Å². The molecule has 1 aromatic heterocycles. The molecular formula is C15H15NO2. The van der Waals surface area contributed by atoms with E-state index in [9.17, 15) is 4.79 Å². The van der Waals surface area contributed by atoms with Crippen LogP contribution in [0.15, 0.2) is 36.7 Å². The van der Waals surface area contributed by atoms with Gasteiger partial charge in [0.05, 0.1) is 5.56 Å². The van der Waals surface area contributed by atoms with Crippen LogP contribution in [0, 0.1) is 20.8 Å². The fraction of sp³-hybridized carbons (Fsp3) is 0.200. The lowest BCUT2D eigenvalue weighted by Gasteiger charge is -2.11. The number of ether oxygens (including phenoxy) is 1. The van der Waals surface area contributed by atoms with Crippen LogP contribution in [0.25, 0.3) is 0 Å². The van der Waals surface area contributed by atoms with Gasteiger partial charge in [-0.3, -0.25) is 4.98 Å². The molecule has 0 atom stereocenters. The molecule has 0 bridgehead atoms. The van der Waals surface area contributed by atoms with E-state index in [1.165, 1.54) is 6.20 Å². The Labute approximate surface area is 106 Å². The van der Waals surface area contributed by atoms with Gasteiger partial charge in [-0.15, -0.1) is 0 Å². The number of rotatable bonds is 2. The predicted octanol–water partition coefficient (Wildman–Crippen LogP) is 3.23. The van der Waals surface area contributed by atoms with Crippen LogP contribution in [0.4, 0.5) is 0 Å². The fourth-order valence-corrected chi connectivity index (χ4v) is 1.96. The molecule has 0 aliphatic rings. The molecule has 0 unspecified atom stereocenters. The van der Waals surface area contributed by atoms with Crippen molar-refractivity contribution in [2.45, 2.75) is 20.8 Å². The largest absolute Gasteiger partial charge is 0.422 e. The van der Waals surface area contributed by atoms with E-state index in [0.717, 1.165) is 16.7 Å². The number of benzene rings is 1. The van der Waals surface area contributed by atoms with Gasteiger partial charge in [0.1, 0.15) is 5.75 Å². The summed E-state index contributed by atoms with van der Waals surface area (Å²) in [5.41, 5.74) is 3.54. The predicted molar refractivity (Wildman–Crippen MR) is 69.8 cm³/mol. The van der Waals surface area contributed by atoms with Crippen molar-refractivity contribution in [3.63, 3.8) is 0 Å². The van der Waals surface area contributed by atoms with Gasteiger partial charge in [-0.25, -0.2) is 4.79 Å². The summed E-state index contributed by atoms with van der Waals surface area (Å²) in [6.07, 6.45) is 3.13.